The van der Waals surface area contributed by atoms with Crippen LogP contribution in [0.2, 0.25) is 5.02 Å². The highest BCUT2D eigenvalue weighted by atomic mass is 35.5. The number of nitriles is 1. The molecule has 108 valence electrons. The van der Waals surface area contributed by atoms with Crippen LogP contribution in [0.25, 0.3) is 0 Å². The Morgan fingerprint density at radius 2 is 2.25 bits per heavy atom. The molecule has 0 saturated heterocycles. The number of nitro groups is 1. The first kappa shape index (κ1) is 16.1. The van der Waals surface area contributed by atoms with E-state index in [1.807, 2.05) is 6.07 Å². The molecule has 0 saturated carbocycles. The predicted molar refractivity (Wildman–Crippen MR) is 72.4 cm³/mol. The lowest BCUT2D eigenvalue weighted by Crippen LogP contribution is -2.29. The zero-order valence-corrected chi connectivity index (χ0v) is 11.6. The molecule has 20 heavy (non-hydrogen) atoms. The van der Waals surface area contributed by atoms with E-state index in [-0.39, 0.29) is 29.4 Å². The molecule has 0 amide bonds. The van der Waals surface area contributed by atoms with Gasteiger partial charge in [0, 0.05) is 20.2 Å². The van der Waals surface area contributed by atoms with Crippen LogP contribution in [-0.4, -0.2) is 31.7 Å². The Kier molecular flexibility index (Phi) is 6.15. The summed E-state index contributed by atoms with van der Waals surface area (Å²) >= 11 is 5.68. The second kappa shape index (κ2) is 7.62. The largest absolute Gasteiger partial charge is 0.383 e. The number of nitro benzene ring substituents is 1. The second-order valence-corrected chi connectivity index (χ2v) is 4.31. The quantitative estimate of drug-likeness (QED) is 0.571. The summed E-state index contributed by atoms with van der Waals surface area (Å²) in [5, 5.41) is 19.4. The summed E-state index contributed by atoms with van der Waals surface area (Å²) in [6.45, 7) is 0.918. The highest BCUT2D eigenvalue weighted by Gasteiger charge is 2.22. The van der Waals surface area contributed by atoms with E-state index >= 15 is 0 Å². The Hall–Kier alpha value is -1.91. The van der Waals surface area contributed by atoms with Gasteiger partial charge in [0.15, 0.2) is 0 Å². The second-order valence-electron chi connectivity index (χ2n) is 3.90. The van der Waals surface area contributed by atoms with Crippen LogP contribution in [0.5, 0.6) is 0 Å². The molecule has 0 radical (unpaired) electrons. The molecule has 0 aliphatic rings. The third kappa shape index (κ3) is 4.05. The number of methoxy groups -OCH3 is 1. The smallest absolute Gasteiger partial charge is 0.295 e. The molecule has 1 aromatic rings. The Bertz CT molecular complexity index is 533. The maximum atomic E-state index is 13.4. The molecule has 8 heteroatoms. The van der Waals surface area contributed by atoms with Crippen molar-refractivity contribution >= 4 is 23.0 Å². The minimum Gasteiger partial charge on any atom is -0.383 e. The minimum absolute atomic E-state index is 0.175. The van der Waals surface area contributed by atoms with Crippen molar-refractivity contribution in [1.29, 1.82) is 5.26 Å². The zero-order chi connectivity index (χ0) is 15.1. The number of hydrogen-bond donors (Lipinski definition) is 0. The van der Waals surface area contributed by atoms with Crippen LogP contribution in [0.3, 0.4) is 0 Å². The summed E-state index contributed by atoms with van der Waals surface area (Å²) in [5.74, 6) is -0.853. The number of ether oxygens (including phenoxy) is 1. The average Bonchev–Trinajstić information content (AvgIpc) is 2.41. The number of benzene rings is 1. The van der Waals surface area contributed by atoms with Crippen molar-refractivity contribution in [3.05, 3.63) is 33.1 Å². The molecule has 0 unspecified atom stereocenters. The van der Waals surface area contributed by atoms with Gasteiger partial charge in [-0.1, -0.05) is 11.6 Å². The van der Waals surface area contributed by atoms with Gasteiger partial charge in [-0.2, -0.15) is 5.26 Å². The van der Waals surface area contributed by atoms with Crippen molar-refractivity contribution in [2.24, 2.45) is 0 Å². The van der Waals surface area contributed by atoms with Crippen LogP contribution in [-0.2, 0) is 4.74 Å². The van der Waals surface area contributed by atoms with Crippen molar-refractivity contribution < 1.29 is 14.1 Å². The summed E-state index contributed by atoms with van der Waals surface area (Å²) in [6, 6.07) is 3.94. The van der Waals surface area contributed by atoms with Gasteiger partial charge in [0.2, 0.25) is 0 Å². The van der Waals surface area contributed by atoms with Gasteiger partial charge in [-0.05, 0) is 6.07 Å². The van der Waals surface area contributed by atoms with E-state index in [9.17, 15) is 14.5 Å². The van der Waals surface area contributed by atoms with Crippen LogP contribution < -0.4 is 4.90 Å². The van der Waals surface area contributed by atoms with E-state index < -0.39 is 10.7 Å². The Morgan fingerprint density at radius 3 is 2.80 bits per heavy atom. The number of rotatable bonds is 7. The van der Waals surface area contributed by atoms with Crippen LogP contribution in [0, 0.1) is 27.3 Å². The van der Waals surface area contributed by atoms with Crippen molar-refractivity contribution in [3.63, 3.8) is 0 Å². The highest BCUT2D eigenvalue weighted by Crippen LogP contribution is 2.33. The van der Waals surface area contributed by atoms with Gasteiger partial charge >= 0.3 is 0 Å². The van der Waals surface area contributed by atoms with Crippen molar-refractivity contribution in [2.75, 3.05) is 31.7 Å². The molecule has 1 rings (SSSR count). The lowest BCUT2D eigenvalue weighted by molar-refractivity contribution is -0.384. The minimum atomic E-state index is -0.853. The fraction of sp³-hybridized carbons (Fsp3) is 0.417. The molecular weight excluding hydrogens is 289 g/mol. The normalized spacial score (nSPS) is 10.1. The first-order valence-corrected chi connectivity index (χ1v) is 6.13. The van der Waals surface area contributed by atoms with Gasteiger partial charge < -0.3 is 9.64 Å². The zero-order valence-electron chi connectivity index (χ0n) is 10.8. The Morgan fingerprint density at radius 1 is 1.55 bits per heavy atom. The highest BCUT2D eigenvalue weighted by molar-refractivity contribution is 6.31. The average molecular weight is 302 g/mol. The van der Waals surface area contributed by atoms with Gasteiger partial charge in [0.25, 0.3) is 5.69 Å². The number of halogens is 2. The van der Waals surface area contributed by atoms with E-state index in [1.54, 1.807) is 4.90 Å². The van der Waals surface area contributed by atoms with Crippen LogP contribution in [0.1, 0.15) is 6.42 Å². The van der Waals surface area contributed by atoms with E-state index in [4.69, 9.17) is 21.6 Å². The standard InChI is InChI=1S/C12H13ClFN3O3/c1-20-6-5-16(4-2-3-15)11-7-9(13)10(14)8-12(11)17(18)19/h7-8H,2,4-6H2,1H3. The molecule has 0 spiro atoms. The van der Waals surface area contributed by atoms with Gasteiger partial charge in [-0.15, -0.1) is 0 Å². The van der Waals surface area contributed by atoms with Gasteiger partial charge in [0.1, 0.15) is 11.5 Å². The molecule has 0 fully saturated rings. The summed E-state index contributed by atoms with van der Waals surface area (Å²) in [5.41, 5.74) is -0.213. The third-order valence-corrected chi connectivity index (χ3v) is 2.90. The summed E-state index contributed by atoms with van der Waals surface area (Å²) in [4.78, 5) is 11.9. The topological polar surface area (TPSA) is 79.4 Å². The number of hydrogen-bond acceptors (Lipinski definition) is 5. The molecular formula is C12H13ClFN3O3. The van der Waals surface area contributed by atoms with Gasteiger partial charge in [-0.3, -0.25) is 10.1 Å². The molecule has 0 aliphatic carbocycles. The molecule has 0 N–H and O–H groups in total. The fourth-order valence-electron chi connectivity index (χ4n) is 1.66. The molecule has 0 heterocycles. The molecule has 0 aromatic heterocycles. The SMILES string of the molecule is COCCN(CCC#N)c1cc(Cl)c(F)cc1[N+](=O)[O-]. The summed E-state index contributed by atoms with van der Waals surface area (Å²) in [7, 11) is 1.49. The molecule has 0 aliphatic heterocycles. The predicted octanol–water partition coefficient (Wildman–Crippen LogP) is 2.75. The van der Waals surface area contributed by atoms with Crippen LogP contribution in [0.15, 0.2) is 12.1 Å². The van der Waals surface area contributed by atoms with E-state index in [1.165, 1.54) is 13.2 Å². The van der Waals surface area contributed by atoms with E-state index in [0.717, 1.165) is 6.07 Å². The number of nitrogens with zero attached hydrogens (tertiary/aromatic N) is 3. The first-order chi connectivity index (χ1) is 9.51. The first-order valence-electron chi connectivity index (χ1n) is 5.75. The maximum Gasteiger partial charge on any atom is 0.295 e. The summed E-state index contributed by atoms with van der Waals surface area (Å²) in [6.07, 6.45) is 0.176. The van der Waals surface area contributed by atoms with Crippen LogP contribution >= 0.6 is 11.6 Å². The Balaban J connectivity index is 3.19. The lowest BCUT2D eigenvalue weighted by Gasteiger charge is -2.23. The molecule has 6 nitrogen and oxygen atoms in total. The van der Waals surface area contributed by atoms with Crippen molar-refractivity contribution in [1.82, 2.24) is 0 Å². The molecule has 0 bridgehead atoms. The molecule has 0 atom stereocenters. The van der Waals surface area contributed by atoms with E-state index in [0.29, 0.717) is 13.2 Å². The fourth-order valence-corrected chi connectivity index (χ4v) is 1.82. The van der Waals surface area contributed by atoms with Gasteiger partial charge in [0.05, 0.1) is 35.1 Å². The van der Waals surface area contributed by atoms with Gasteiger partial charge in [-0.25, -0.2) is 4.39 Å². The maximum absolute atomic E-state index is 13.4. The van der Waals surface area contributed by atoms with Crippen molar-refractivity contribution in [3.8, 4) is 6.07 Å². The van der Waals surface area contributed by atoms with E-state index in [2.05, 4.69) is 0 Å². The van der Waals surface area contributed by atoms with Crippen LogP contribution in [0.4, 0.5) is 15.8 Å². The monoisotopic (exact) mass is 301 g/mol. The summed E-state index contributed by atoms with van der Waals surface area (Å²) < 4.78 is 18.3. The lowest BCUT2D eigenvalue weighted by atomic mass is 10.2. The third-order valence-electron chi connectivity index (χ3n) is 2.61. The Labute approximate surface area is 120 Å². The molecule has 1 aromatic carbocycles. The number of anilines is 1. The van der Waals surface area contributed by atoms with Crippen molar-refractivity contribution in [2.45, 2.75) is 6.42 Å².